The molecule has 36 heavy (non-hydrogen) atoms. The first kappa shape index (κ1) is 26.1. The third-order valence-corrected chi connectivity index (χ3v) is 6.75. The highest BCUT2D eigenvalue weighted by atomic mass is 19.4. The quantitative estimate of drug-likeness (QED) is 0.575. The van der Waals surface area contributed by atoms with Crippen LogP contribution in [0.5, 0.6) is 0 Å². The van der Waals surface area contributed by atoms with Crippen LogP contribution >= 0.6 is 0 Å². The number of hydrogen-bond acceptors (Lipinski definition) is 6. The minimum atomic E-state index is -4.49. The summed E-state index contributed by atoms with van der Waals surface area (Å²) in [5.41, 5.74) is -0.606. The zero-order valence-electron chi connectivity index (χ0n) is 20.9. The summed E-state index contributed by atoms with van der Waals surface area (Å²) in [6.45, 7) is 8.24. The van der Waals surface area contributed by atoms with Crippen molar-refractivity contribution in [2.75, 3.05) is 11.9 Å². The summed E-state index contributed by atoms with van der Waals surface area (Å²) in [6, 6.07) is 2.70. The summed E-state index contributed by atoms with van der Waals surface area (Å²) in [6.07, 6.45) is -0.487. The highest BCUT2D eigenvalue weighted by molar-refractivity contribution is 5.93. The van der Waals surface area contributed by atoms with Crippen molar-refractivity contribution >= 4 is 28.5 Å². The van der Waals surface area contributed by atoms with E-state index in [2.05, 4.69) is 46.7 Å². The fourth-order valence-electron chi connectivity index (χ4n) is 5.34. The summed E-state index contributed by atoms with van der Waals surface area (Å²) in [5, 5.41) is 9.95. The van der Waals surface area contributed by atoms with Gasteiger partial charge in [-0.1, -0.05) is 0 Å². The molecule has 4 atom stereocenters. The largest absolute Gasteiger partial charge is 0.416 e. The van der Waals surface area contributed by atoms with E-state index >= 15 is 0 Å². The summed E-state index contributed by atoms with van der Waals surface area (Å²) >= 11 is 0. The van der Waals surface area contributed by atoms with Crippen LogP contribution in [0.2, 0.25) is 0 Å². The van der Waals surface area contributed by atoms with Crippen molar-refractivity contribution in [3.05, 3.63) is 30.1 Å². The van der Waals surface area contributed by atoms with Crippen LogP contribution in [-0.4, -0.2) is 62.9 Å². The molecule has 0 bridgehead atoms. The van der Waals surface area contributed by atoms with Gasteiger partial charge in [0.1, 0.15) is 18.2 Å². The standard InChI is InChI=1S/C25H33F3N6O2/c1-14(35)31-16-6-8-21(20(12-16)33-24(2,3)4)34-10-9-19(23(34)36)32-22-17-11-15(25(26,27)28)5-7-18(17)29-13-30-22/h5,7,11,13,16,19-21,33H,6,8-10,12H2,1-4H3,(H,31,35)(H,29,30,32)/t16?,19-,20?,21?/m0/s1. The molecule has 2 amide bonds. The number of likely N-dealkylation sites (tertiary alicyclic amines) is 1. The molecule has 2 aliphatic rings. The zero-order chi connectivity index (χ0) is 26.3. The van der Waals surface area contributed by atoms with Gasteiger partial charge in [-0.05, 0) is 64.7 Å². The predicted molar refractivity (Wildman–Crippen MR) is 130 cm³/mol. The van der Waals surface area contributed by atoms with E-state index in [0.29, 0.717) is 24.9 Å². The molecule has 0 radical (unpaired) electrons. The molecule has 196 valence electrons. The fourth-order valence-corrected chi connectivity index (χ4v) is 5.34. The third-order valence-electron chi connectivity index (χ3n) is 6.75. The Kier molecular flexibility index (Phi) is 7.14. The van der Waals surface area contributed by atoms with E-state index in [1.54, 1.807) is 0 Å². The molecule has 4 rings (SSSR count). The molecule has 3 N–H and O–H groups in total. The number of nitrogens with zero attached hydrogens (tertiary/aromatic N) is 3. The van der Waals surface area contributed by atoms with E-state index in [4.69, 9.17) is 0 Å². The van der Waals surface area contributed by atoms with Crippen molar-refractivity contribution in [2.45, 2.75) is 89.3 Å². The van der Waals surface area contributed by atoms with Crippen LogP contribution < -0.4 is 16.0 Å². The molecule has 1 saturated heterocycles. The third kappa shape index (κ3) is 5.88. The maximum absolute atomic E-state index is 13.5. The highest BCUT2D eigenvalue weighted by Crippen LogP contribution is 2.34. The molecule has 2 heterocycles. The van der Waals surface area contributed by atoms with E-state index in [9.17, 15) is 22.8 Å². The highest BCUT2D eigenvalue weighted by Gasteiger charge is 2.43. The molecule has 1 aromatic carbocycles. The van der Waals surface area contributed by atoms with Gasteiger partial charge in [0.25, 0.3) is 0 Å². The Morgan fingerprint density at radius 1 is 1.11 bits per heavy atom. The Bertz CT molecular complexity index is 1130. The molecule has 2 aromatic rings. The minimum Gasteiger partial charge on any atom is -0.358 e. The number of fused-ring (bicyclic) bond motifs is 1. The summed E-state index contributed by atoms with van der Waals surface area (Å²) < 4.78 is 39.8. The topological polar surface area (TPSA) is 99.2 Å². The molecule has 2 fully saturated rings. The lowest BCUT2D eigenvalue weighted by Crippen LogP contribution is -2.60. The number of benzene rings is 1. The van der Waals surface area contributed by atoms with Crippen molar-refractivity contribution in [1.82, 2.24) is 25.5 Å². The van der Waals surface area contributed by atoms with Gasteiger partial charge in [-0.25, -0.2) is 9.97 Å². The number of alkyl halides is 3. The van der Waals surface area contributed by atoms with Crippen LogP contribution in [0.1, 0.15) is 58.9 Å². The summed E-state index contributed by atoms with van der Waals surface area (Å²) in [5.74, 6) is 0.0442. The van der Waals surface area contributed by atoms with Gasteiger partial charge in [-0.15, -0.1) is 0 Å². The average Bonchev–Trinajstić information content (AvgIpc) is 3.11. The van der Waals surface area contributed by atoms with Gasteiger partial charge in [0, 0.05) is 42.5 Å². The van der Waals surface area contributed by atoms with Crippen molar-refractivity contribution in [2.24, 2.45) is 0 Å². The van der Waals surface area contributed by atoms with Gasteiger partial charge in [0.2, 0.25) is 11.8 Å². The first-order valence-electron chi connectivity index (χ1n) is 12.3. The lowest BCUT2D eigenvalue weighted by atomic mass is 9.84. The predicted octanol–water partition coefficient (Wildman–Crippen LogP) is 3.48. The monoisotopic (exact) mass is 506 g/mol. The Morgan fingerprint density at radius 3 is 2.53 bits per heavy atom. The second kappa shape index (κ2) is 9.84. The lowest BCUT2D eigenvalue weighted by molar-refractivity contribution is -0.137. The number of anilines is 1. The molecule has 3 unspecified atom stereocenters. The van der Waals surface area contributed by atoms with Crippen molar-refractivity contribution in [3.63, 3.8) is 0 Å². The number of rotatable bonds is 5. The van der Waals surface area contributed by atoms with Gasteiger partial charge in [0.05, 0.1) is 11.1 Å². The van der Waals surface area contributed by atoms with Crippen LogP contribution in [0.3, 0.4) is 0 Å². The molecule has 1 aliphatic carbocycles. The Morgan fingerprint density at radius 2 is 1.86 bits per heavy atom. The van der Waals surface area contributed by atoms with Crippen LogP contribution in [0.15, 0.2) is 24.5 Å². The van der Waals surface area contributed by atoms with Gasteiger partial charge < -0.3 is 20.9 Å². The van der Waals surface area contributed by atoms with Crippen LogP contribution in [0, 0.1) is 0 Å². The summed E-state index contributed by atoms with van der Waals surface area (Å²) in [7, 11) is 0. The molecule has 1 saturated carbocycles. The van der Waals surface area contributed by atoms with Crippen molar-refractivity contribution < 1.29 is 22.8 Å². The molecule has 11 heteroatoms. The van der Waals surface area contributed by atoms with E-state index in [1.165, 1.54) is 19.3 Å². The fraction of sp³-hybridized carbons (Fsp3) is 0.600. The Balaban J connectivity index is 1.53. The molecular formula is C25H33F3N6O2. The average molecular weight is 507 g/mol. The SMILES string of the molecule is CC(=O)NC1CCC(N2CC[C@H](Nc3ncnc4ccc(C(F)(F)F)cc34)C2=O)C(NC(C)(C)C)C1. The van der Waals surface area contributed by atoms with Crippen LogP contribution in [0.25, 0.3) is 10.9 Å². The molecule has 0 spiro atoms. The maximum atomic E-state index is 13.5. The number of amides is 2. The number of hydrogen-bond donors (Lipinski definition) is 3. The Hall–Kier alpha value is -2.95. The number of nitrogens with one attached hydrogen (secondary N) is 3. The first-order valence-corrected chi connectivity index (χ1v) is 12.3. The first-order chi connectivity index (χ1) is 16.8. The second-order valence-corrected chi connectivity index (χ2v) is 10.7. The molecule has 1 aliphatic heterocycles. The molecular weight excluding hydrogens is 473 g/mol. The smallest absolute Gasteiger partial charge is 0.358 e. The molecule has 8 nitrogen and oxygen atoms in total. The number of carbonyl (C=O) groups excluding carboxylic acids is 2. The second-order valence-electron chi connectivity index (χ2n) is 10.7. The van der Waals surface area contributed by atoms with Crippen LogP contribution in [0.4, 0.5) is 19.0 Å². The van der Waals surface area contributed by atoms with Crippen LogP contribution in [-0.2, 0) is 15.8 Å². The van der Waals surface area contributed by atoms with E-state index in [-0.39, 0.29) is 46.7 Å². The maximum Gasteiger partial charge on any atom is 0.416 e. The lowest BCUT2D eigenvalue weighted by Gasteiger charge is -2.44. The number of carbonyl (C=O) groups is 2. The number of aromatic nitrogens is 2. The molecule has 1 aromatic heterocycles. The van der Waals surface area contributed by atoms with E-state index < -0.39 is 17.8 Å². The van der Waals surface area contributed by atoms with Crippen molar-refractivity contribution in [1.29, 1.82) is 0 Å². The Labute approximate surface area is 208 Å². The van der Waals surface area contributed by atoms with Crippen molar-refractivity contribution in [3.8, 4) is 0 Å². The van der Waals surface area contributed by atoms with Gasteiger partial charge in [-0.3, -0.25) is 9.59 Å². The van der Waals surface area contributed by atoms with E-state index in [1.807, 2.05) is 4.90 Å². The van der Waals surface area contributed by atoms with Gasteiger partial charge >= 0.3 is 6.18 Å². The zero-order valence-corrected chi connectivity index (χ0v) is 20.9. The van der Waals surface area contributed by atoms with E-state index in [0.717, 1.165) is 25.0 Å². The van der Waals surface area contributed by atoms with Gasteiger partial charge in [-0.2, -0.15) is 13.2 Å². The normalized spacial score (nSPS) is 25.3. The minimum absolute atomic E-state index is 0.00692. The van der Waals surface area contributed by atoms with Gasteiger partial charge in [0.15, 0.2) is 0 Å². The number of halogens is 3. The summed E-state index contributed by atoms with van der Waals surface area (Å²) in [4.78, 5) is 35.2.